The Morgan fingerprint density at radius 1 is 1.23 bits per heavy atom. The molecule has 3 atom stereocenters. The van der Waals surface area contributed by atoms with Crippen molar-refractivity contribution in [3.05, 3.63) is 83.4 Å². The first-order valence-electron chi connectivity index (χ1n) is 13.1. The summed E-state index contributed by atoms with van der Waals surface area (Å²) < 4.78 is 34.9. The summed E-state index contributed by atoms with van der Waals surface area (Å²) in [5.41, 5.74) is 3.30. The number of carbonyl (C=O) groups is 1. The highest BCUT2D eigenvalue weighted by atomic mass is 19.2. The van der Waals surface area contributed by atoms with Crippen molar-refractivity contribution in [2.75, 3.05) is 37.0 Å². The zero-order valence-corrected chi connectivity index (χ0v) is 22.0. The molecule has 3 N–H and O–H groups in total. The van der Waals surface area contributed by atoms with Gasteiger partial charge in [0.15, 0.2) is 11.6 Å². The lowest BCUT2D eigenvalue weighted by Crippen LogP contribution is -2.42. The fraction of sp³-hybridized carbons (Fsp3) is 0.393. The van der Waals surface area contributed by atoms with Crippen molar-refractivity contribution in [3.63, 3.8) is 0 Å². The highest BCUT2D eigenvalue weighted by Gasteiger charge is 2.36. The fourth-order valence-electron chi connectivity index (χ4n) is 5.30. The molecule has 5 rings (SSSR count). The number of hydrogen-bond acceptors (Lipinski definition) is 5. The Labute approximate surface area is 225 Å². The molecule has 1 aromatic carbocycles. The number of amides is 2. The molecule has 1 fully saturated rings. The van der Waals surface area contributed by atoms with E-state index >= 15 is 0 Å². The Bertz CT molecular complexity index is 1350. The van der Waals surface area contributed by atoms with E-state index in [2.05, 4.69) is 37.9 Å². The van der Waals surface area contributed by atoms with Gasteiger partial charge in [-0.15, -0.1) is 0 Å². The summed E-state index contributed by atoms with van der Waals surface area (Å²) in [7, 11) is 1.67. The number of allylic oxidation sites excluding steroid dienone is 4. The smallest absolute Gasteiger partial charge is 0.320 e. The quantitative estimate of drug-likeness (QED) is 0.346. The van der Waals surface area contributed by atoms with Gasteiger partial charge < -0.3 is 15.0 Å². The van der Waals surface area contributed by atoms with E-state index in [4.69, 9.17) is 9.84 Å². The second-order valence-electron chi connectivity index (χ2n) is 9.92. The van der Waals surface area contributed by atoms with Gasteiger partial charge in [-0.05, 0) is 43.9 Å². The Morgan fingerprint density at radius 2 is 2.10 bits per heavy atom. The van der Waals surface area contributed by atoms with E-state index in [9.17, 15) is 13.6 Å². The number of urea groups is 1. The zero-order chi connectivity index (χ0) is 27.4. The molecule has 2 amide bonds. The molecule has 3 heterocycles. The predicted molar refractivity (Wildman–Crippen MR) is 145 cm³/mol. The molecule has 0 saturated carbocycles. The summed E-state index contributed by atoms with van der Waals surface area (Å²) in [6.45, 7) is 3.58. The molecule has 1 unspecified atom stereocenters. The molecule has 0 spiro atoms. The van der Waals surface area contributed by atoms with Crippen LogP contribution < -0.4 is 15.5 Å². The number of halogens is 2. The maximum Gasteiger partial charge on any atom is 0.320 e. The van der Waals surface area contributed by atoms with Crippen LogP contribution in [0.1, 0.15) is 41.6 Å². The van der Waals surface area contributed by atoms with E-state index in [1.165, 1.54) is 6.07 Å². The van der Waals surface area contributed by atoms with Crippen LogP contribution in [0.3, 0.4) is 0 Å². The number of anilines is 2. The van der Waals surface area contributed by atoms with E-state index < -0.39 is 11.6 Å². The number of methoxy groups -OCH3 is 1. The first-order chi connectivity index (χ1) is 18.9. The molecule has 1 saturated heterocycles. The topological polar surface area (TPSA) is 100 Å². The number of carbonyl (C=O) groups excluding carboxylic acids is 1. The Hall–Kier alpha value is -3.99. The van der Waals surface area contributed by atoms with Crippen molar-refractivity contribution in [2.45, 2.75) is 44.2 Å². The van der Waals surface area contributed by atoms with Gasteiger partial charge in [0.05, 0.1) is 29.7 Å². The molecule has 0 bridgehead atoms. The molecule has 3 aromatic rings. The maximum atomic E-state index is 14.1. The summed E-state index contributed by atoms with van der Waals surface area (Å²) in [5, 5.41) is 17.8. The molecule has 39 heavy (non-hydrogen) atoms. The van der Waals surface area contributed by atoms with Crippen molar-refractivity contribution in [2.24, 2.45) is 0 Å². The zero-order valence-electron chi connectivity index (χ0n) is 22.0. The molecule has 0 radical (unpaired) electrons. The first kappa shape index (κ1) is 26.6. The minimum Gasteiger partial charge on any atom is -0.385 e. The van der Waals surface area contributed by atoms with Crippen LogP contribution in [0.2, 0.25) is 0 Å². The molecule has 2 aromatic heterocycles. The summed E-state index contributed by atoms with van der Waals surface area (Å²) in [4.78, 5) is 15.5. The largest absolute Gasteiger partial charge is 0.385 e. The number of hydrogen-bond donors (Lipinski definition) is 3. The minimum atomic E-state index is -0.910. The van der Waals surface area contributed by atoms with Gasteiger partial charge in [-0.1, -0.05) is 30.4 Å². The van der Waals surface area contributed by atoms with Crippen molar-refractivity contribution in [3.8, 4) is 0 Å². The van der Waals surface area contributed by atoms with Gasteiger partial charge in [-0.25, -0.2) is 18.3 Å². The molecule has 1 aliphatic heterocycles. The van der Waals surface area contributed by atoms with Crippen molar-refractivity contribution in [1.29, 1.82) is 0 Å². The number of H-pyrrole nitrogens is 1. The van der Waals surface area contributed by atoms with Gasteiger partial charge in [0.1, 0.15) is 5.82 Å². The molecular weight excluding hydrogens is 504 g/mol. The van der Waals surface area contributed by atoms with Gasteiger partial charge in [0.2, 0.25) is 0 Å². The lowest BCUT2D eigenvalue weighted by Gasteiger charge is -2.22. The number of nitrogens with zero attached hydrogens (tertiary/aromatic N) is 4. The van der Waals surface area contributed by atoms with Gasteiger partial charge >= 0.3 is 6.03 Å². The highest BCUT2D eigenvalue weighted by molar-refractivity contribution is 5.89. The summed E-state index contributed by atoms with van der Waals surface area (Å²) in [6.07, 6.45) is 13.9. The Kier molecular flexibility index (Phi) is 8.06. The highest BCUT2D eigenvalue weighted by Crippen LogP contribution is 2.32. The lowest BCUT2D eigenvalue weighted by atomic mass is 9.94. The van der Waals surface area contributed by atoms with Crippen molar-refractivity contribution in [1.82, 2.24) is 25.3 Å². The van der Waals surface area contributed by atoms with Gasteiger partial charge in [-0.2, -0.15) is 10.2 Å². The van der Waals surface area contributed by atoms with Crippen LogP contribution in [0.15, 0.2) is 54.9 Å². The van der Waals surface area contributed by atoms with E-state index in [1.54, 1.807) is 25.6 Å². The molecule has 206 valence electrons. The van der Waals surface area contributed by atoms with Crippen LogP contribution in [-0.2, 0) is 11.2 Å². The number of aromatic nitrogens is 4. The number of rotatable bonds is 9. The van der Waals surface area contributed by atoms with E-state index in [0.29, 0.717) is 31.1 Å². The SMILES string of the molecule is COCCCc1nn(C2C=CC=CC2)c(NC(=O)N[C@@H]2CN(c3cn[nH]c3)C[C@H]2c2ccc(F)c(F)c2)c1C. The third kappa shape index (κ3) is 5.88. The standard InChI is InChI=1S/C28H33F2N7O2/c1-18-25(9-6-12-39-2)35-37(20-7-4-3-5-8-20)27(18)34-28(38)33-26-17-36(21-14-31-32-15-21)16-22(26)19-10-11-23(29)24(30)13-19/h3-5,7,10-11,13-15,20,22,26H,6,8-9,12,16-17H2,1-2H3,(H,31,32)(H2,33,34,38)/t20?,22-,26+/m0/s1. The van der Waals surface area contributed by atoms with Crippen molar-refractivity contribution < 1.29 is 18.3 Å². The molecular formula is C28H33F2N7O2. The molecule has 2 aliphatic rings. The number of aryl methyl sites for hydroxylation is 1. The van der Waals surface area contributed by atoms with Gasteiger partial charge in [0, 0.05) is 44.5 Å². The molecule has 11 heteroatoms. The third-order valence-electron chi connectivity index (χ3n) is 7.37. The van der Waals surface area contributed by atoms with Crippen LogP contribution in [0.25, 0.3) is 0 Å². The van der Waals surface area contributed by atoms with E-state index in [1.807, 2.05) is 23.8 Å². The van der Waals surface area contributed by atoms with Crippen LogP contribution >= 0.6 is 0 Å². The van der Waals surface area contributed by atoms with Gasteiger partial charge in [-0.3, -0.25) is 10.4 Å². The number of ether oxygens (including phenoxy) is 1. The number of aromatic amines is 1. The monoisotopic (exact) mass is 537 g/mol. The summed E-state index contributed by atoms with van der Waals surface area (Å²) in [6, 6.07) is 3.15. The van der Waals surface area contributed by atoms with Crippen molar-refractivity contribution >= 4 is 17.5 Å². The van der Waals surface area contributed by atoms with Crippen LogP contribution in [0.4, 0.5) is 25.1 Å². The van der Waals surface area contributed by atoms with Gasteiger partial charge in [0.25, 0.3) is 0 Å². The summed E-state index contributed by atoms with van der Waals surface area (Å²) in [5.74, 6) is -1.43. The Balaban J connectivity index is 1.37. The molecule has 1 aliphatic carbocycles. The average molecular weight is 538 g/mol. The maximum absolute atomic E-state index is 14.1. The third-order valence-corrected chi connectivity index (χ3v) is 7.37. The van der Waals surface area contributed by atoms with Crippen LogP contribution in [0.5, 0.6) is 0 Å². The first-order valence-corrected chi connectivity index (χ1v) is 13.1. The lowest BCUT2D eigenvalue weighted by molar-refractivity contribution is 0.195. The van der Waals surface area contributed by atoms with Crippen LogP contribution in [-0.4, -0.2) is 58.9 Å². The predicted octanol–water partition coefficient (Wildman–Crippen LogP) is 4.62. The molecule has 9 nitrogen and oxygen atoms in total. The number of nitrogens with one attached hydrogen (secondary N) is 3. The summed E-state index contributed by atoms with van der Waals surface area (Å²) >= 11 is 0. The van der Waals surface area contributed by atoms with E-state index in [-0.39, 0.29) is 24.0 Å². The van der Waals surface area contributed by atoms with Crippen LogP contribution in [0, 0.1) is 18.6 Å². The second kappa shape index (κ2) is 11.8. The minimum absolute atomic E-state index is 0.0156. The fourth-order valence-corrected chi connectivity index (χ4v) is 5.30. The normalized spacial score (nSPS) is 20.5. The number of benzene rings is 1. The average Bonchev–Trinajstić information content (AvgIpc) is 3.68. The Morgan fingerprint density at radius 3 is 2.82 bits per heavy atom. The second-order valence-corrected chi connectivity index (χ2v) is 9.92. The van der Waals surface area contributed by atoms with E-state index in [0.717, 1.165) is 42.3 Å².